The molecule has 1 atom stereocenters. The molecule has 0 bridgehead atoms. The van der Waals surface area contributed by atoms with Crippen LogP contribution in [-0.4, -0.2) is 27.8 Å². The third kappa shape index (κ3) is 3.56. The molecule has 1 aromatic carbocycles. The average molecular weight is 286 g/mol. The van der Waals surface area contributed by atoms with E-state index in [0.29, 0.717) is 23.4 Å². The van der Waals surface area contributed by atoms with E-state index in [9.17, 15) is 9.59 Å². The highest BCUT2D eigenvalue weighted by Crippen LogP contribution is 2.15. The van der Waals surface area contributed by atoms with Gasteiger partial charge in [-0.1, -0.05) is 6.58 Å². The van der Waals surface area contributed by atoms with Crippen molar-refractivity contribution in [3.05, 3.63) is 41.7 Å². The van der Waals surface area contributed by atoms with E-state index in [2.05, 4.69) is 16.5 Å². The molecule has 0 amide bonds. The van der Waals surface area contributed by atoms with E-state index in [-0.39, 0.29) is 11.9 Å². The molecule has 0 aliphatic carbocycles. The number of H-pyrrole nitrogens is 1. The first-order valence-electron chi connectivity index (χ1n) is 6.73. The number of esters is 1. The fourth-order valence-electron chi connectivity index (χ4n) is 1.98. The lowest BCUT2D eigenvalue weighted by Crippen LogP contribution is -2.18. The number of hydrogen-bond acceptors (Lipinski definition) is 4. The van der Waals surface area contributed by atoms with Gasteiger partial charge < -0.3 is 9.72 Å². The van der Waals surface area contributed by atoms with Crippen molar-refractivity contribution < 1.29 is 14.3 Å². The molecule has 0 radical (unpaired) electrons. The minimum Gasteiger partial charge on any atom is -0.459 e. The molecule has 0 saturated carbocycles. The Kier molecular flexibility index (Phi) is 4.21. The zero-order valence-corrected chi connectivity index (χ0v) is 12.4. The van der Waals surface area contributed by atoms with Crippen LogP contribution < -0.4 is 0 Å². The largest absolute Gasteiger partial charge is 0.459 e. The highest BCUT2D eigenvalue weighted by molar-refractivity contribution is 5.97. The number of benzene rings is 1. The van der Waals surface area contributed by atoms with Crippen molar-refractivity contribution in [1.82, 2.24) is 9.97 Å². The van der Waals surface area contributed by atoms with Crippen LogP contribution in [0.1, 0.15) is 37.0 Å². The Morgan fingerprint density at radius 2 is 2.10 bits per heavy atom. The minimum absolute atomic E-state index is 0.0109. The van der Waals surface area contributed by atoms with E-state index >= 15 is 0 Å². The van der Waals surface area contributed by atoms with Gasteiger partial charge >= 0.3 is 5.97 Å². The maximum absolute atomic E-state index is 11.4. The summed E-state index contributed by atoms with van der Waals surface area (Å²) in [6, 6.07) is 5.33. The predicted octanol–water partition coefficient (Wildman–Crippen LogP) is 2.82. The summed E-state index contributed by atoms with van der Waals surface area (Å²) < 4.78 is 5.22. The van der Waals surface area contributed by atoms with Crippen molar-refractivity contribution in [1.29, 1.82) is 0 Å². The van der Waals surface area contributed by atoms with Crippen LogP contribution in [0.2, 0.25) is 0 Å². The van der Waals surface area contributed by atoms with Crippen LogP contribution in [0.15, 0.2) is 30.4 Å². The van der Waals surface area contributed by atoms with Gasteiger partial charge in [0.05, 0.1) is 11.0 Å². The summed E-state index contributed by atoms with van der Waals surface area (Å²) in [7, 11) is 0. The number of imidazole rings is 1. The normalized spacial score (nSPS) is 12.1. The van der Waals surface area contributed by atoms with Crippen LogP contribution in [0.3, 0.4) is 0 Å². The van der Waals surface area contributed by atoms with E-state index in [1.807, 2.05) is 0 Å². The lowest BCUT2D eigenvalue weighted by Gasteiger charge is -2.11. The Bertz CT molecular complexity index is 715. The number of carbonyl (C=O) groups is 2. The van der Waals surface area contributed by atoms with Crippen molar-refractivity contribution in [2.24, 2.45) is 0 Å². The molecule has 0 saturated heterocycles. The zero-order chi connectivity index (χ0) is 15.6. The molecule has 5 heteroatoms. The predicted molar refractivity (Wildman–Crippen MR) is 80.2 cm³/mol. The second-order valence-corrected chi connectivity index (χ2v) is 5.17. The van der Waals surface area contributed by atoms with Crippen LogP contribution in [0.5, 0.6) is 0 Å². The number of nitrogens with zero attached hydrogens (tertiary/aromatic N) is 1. The molecule has 0 aliphatic rings. The first-order chi connectivity index (χ1) is 9.86. The van der Waals surface area contributed by atoms with Gasteiger partial charge in [0.2, 0.25) is 0 Å². The quantitative estimate of drug-likeness (QED) is 0.521. The minimum atomic E-state index is -0.405. The number of aromatic nitrogens is 2. The van der Waals surface area contributed by atoms with E-state index in [1.54, 1.807) is 32.0 Å². The monoisotopic (exact) mass is 286 g/mol. The molecular weight excluding hydrogens is 268 g/mol. The number of ketones is 1. The summed E-state index contributed by atoms with van der Waals surface area (Å²) in [5, 5.41) is 0. The van der Waals surface area contributed by atoms with Crippen LogP contribution in [0, 0.1) is 0 Å². The Morgan fingerprint density at radius 1 is 1.38 bits per heavy atom. The highest BCUT2D eigenvalue weighted by atomic mass is 16.5. The standard InChI is InChI=1S/C16H18N2O3/c1-9(2)16(20)21-10(3)7-15-17-13-6-5-12(11(4)19)8-14(13)18-15/h5-6,8,10H,1,7H2,2-4H3,(H,17,18). The second kappa shape index (κ2) is 5.91. The van der Waals surface area contributed by atoms with Gasteiger partial charge in [-0.25, -0.2) is 9.78 Å². The molecule has 1 aromatic heterocycles. The van der Waals surface area contributed by atoms with E-state index < -0.39 is 5.97 Å². The van der Waals surface area contributed by atoms with E-state index in [1.165, 1.54) is 6.92 Å². The Hall–Kier alpha value is -2.43. The molecule has 1 unspecified atom stereocenters. The third-order valence-electron chi connectivity index (χ3n) is 3.07. The fraction of sp³-hybridized carbons (Fsp3) is 0.312. The highest BCUT2D eigenvalue weighted by Gasteiger charge is 2.13. The SMILES string of the molecule is C=C(C)C(=O)OC(C)Cc1nc2ccc(C(C)=O)cc2[nH]1. The molecule has 2 rings (SSSR count). The molecule has 0 aliphatic heterocycles. The number of fused-ring (bicyclic) bond motifs is 1. The molecule has 0 spiro atoms. The lowest BCUT2D eigenvalue weighted by molar-refractivity contribution is -0.143. The van der Waals surface area contributed by atoms with Gasteiger partial charge in [-0.3, -0.25) is 4.79 Å². The number of aromatic amines is 1. The first-order valence-corrected chi connectivity index (χ1v) is 6.73. The van der Waals surface area contributed by atoms with Crippen LogP contribution in [-0.2, 0) is 16.0 Å². The number of rotatable bonds is 5. The maximum Gasteiger partial charge on any atom is 0.333 e. The van der Waals surface area contributed by atoms with E-state index in [0.717, 1.165) is 11.0 Å². The zero-order valence-electron chi connectivity index (χ0n) is 12.4. The van der Waals surface area contributed by atoms with Gasteiger partial charge in [0.15, 0.2) is 5.78 Å². The summed E-state index contributed by atoms with van der Waals surface area (Å²) in [5.74, 6) is 0.321. The topological polar surface area (TPSA) is 72.0 Å². The first kappa shape index (κ1) is 15.0. The van der Waals surface area contributed by atoms with Crippen molar-refractivity contribution >= 4 is 22.8 Å². The number of ether oxygens (including phenoxy) is 1. The van der Waals surface area contributed by atoms with Gasteiger partial charge in [0, 0.05) is 17.6 Å². The summed E-state index contributed by atoms with van der Waals surface area (Å²) in [5.41, 5.74) is 2.60. The number of Topliss-reactive ketones (excluding diaryl/α,β-unsaturated/α-hetero) is 1. The van der Waals surface area contributed by atoms with E-state index in [4.69, 9.17) is 4.74 Å². The summed E-state index contributed by atoms with van der Waals surface area (Å²) in [6.45, 7) is 8.48. The molecule has 5 nitrogen and oxygen atoms in total. The van der Waals surface area contributed by atoms with Gasteiger partial charge in [0.25, 0.3) is 0 Å². The summed E-state index contributed by atoms with van der Waals surface area (Å²) in [4.78, 5) is 30.4. The maximum atomic E-state index is 11.4. The van der Waals surface area contributed by atoms with Gasteiger partial charge in [-0.2, -0.15) is 0 Å². The number of nitrogens with one attached hydrogen (secondary N) is 1. The Morgan fingerprint density at radius 3 is 2.71 bits per heavy atom. The molecule has 2 aromatic rings. The van der Waals surface area contributed by atoms with Crippen LogP contribution >= 0.6 is 0 Å². The number of carbonyl (C=O) groups excluding carboxylic acids is 2. The molecule has 1 N–H and O–H groups in total. The molecule has 110 valence electrons. The van der Waals surface area contributed by atoms with Gasteiger partial charge in [-0.15, -0.1) is 0 Å². The van der Waals surface area contributed by atoms with Crippen molar-refractivity contribution in [3.63, 3.8) is 0 Å². The van der Waals surface area contributed by atoms with Gasteiger partial charge in [-0.05, 0) is 39.0 Å². The summed E-state index contributed by atoms with van der Waals surface area (Å²) >= 11 is 0. The molecule has 0 fully saturated rings. The second-order valence-electron chi connectivity index (χ2n) is 5.17. The van der Waals surface area contributed by atoms with Crippen molar-refractivity contribution in [3.8, 4) is 0 Å². The fourth-order valence-corrected chi connectivity index (χ4v) is 1.98. The van der Waals surface area contributed by atoms with Crippen LogP contribution in [0.4, 0.5) is 0 Å². The Labute approximate surface area is 123 Å². The third-order valence-corrected chi connectivity index (χ3v) is 3.07. The summed E-state index contributed by atoms with van der Waals surface area (Å²) in [6.07, 6.45) is 0.172. The number of hydrogen-bond donors (Lipinski definition) is 1. The molecular formula is C16H18N2O3. The smallest absolute Gasteiger partial charge is 0.333 e. The van der Waals surface area contributed by atoms with Crippen LogP contribution in [0.25, 0.3) is 11.0 Å². The van der Waals surface area contributed by atoms with Gasteiger partial charge in [0.1, 0.15) is 11.9 Å². The molecule has 21 heavy (non-hydrogen) atoms. The Balaban J connectivity index is 2.14. The van der Waals surface area contributed by atoms with Crippen molar-refractivity contribution in [2.45, 2.75) is 33.3 Å². The average Bonchev–Trinajstić information content (AvgIpc) is 2.78. The molecule has 1 heterocycles. The lowest BCUT2D eigenvalue weighted by atomic mass is 10.1. The van der Waals surface area contributed by atoms with Crippen molar-refractivity contribution in [2.75, 3.05) is 0 Å².